The summed E-state index contributed by atoms with van der Waals surface area (Å²) in [4.78, 5) is 31.9. The molecule has 2 aliphatic carbocycles. The third-order valence-corrected chi connectivity index (χ3v) is 22.1. The Hall–Kier alpha value is -3.68. The highest BCUT2D eigenvalue weighted by Crippen LogP contribution is 2.41. The summed E-state index contributed by atoms with van der Waals surface area (Å²) in [7, 11) is 4.32. The number of nitrogens with zero attached hydrogens (tertiary/aromatic N) is 6. The van der Waals surface area contributed by atoms with E-state index >= 15 is 0 Å². The number of amides is 1. The summed E-state index contributed by atoms with van der Waals surface area (Å²) >= 11 is 6.22. The Balaban J connectivity index is 1.22. The van der Waals surface area contributed by atoms with Gasteiger partial charge in [-0.1, -0.05) is 118 Å². The van der Waals surface area contributed by atoms with Crippen LogP contribution in [-0.4, -0.2) is 176 Å². The van der Waals surface area contributed by atoms with E-state index in [4.69, 9.17) is 21.3 Å². The van der Waals surface area contributed by atoms with Gasteiger partial charge in [0.1, 0.15) is 0 Å². The number of benzene rings is 1. The minimum atomic E-state index is -4.52. The first-order valence-electron chi connectivity index (χ1n) is 37.0. The maximum Gasteiger partial charge on any atom is 0.417 e. The van der Waals surface area contributed by atoms with Crippen molar-refractivity contribution in [1.82, 2.24) is 56.4 Å². The molecule has 1 amide bonds. The van der Waals surface area contributed by atoms with E-state index < -0.39 is 11.7 Å². The number of hydrogen-bond donors (Lipinski definition) is 6. The number of piperidine rings is 1. The number of alkyl halides is 3. The molecular weight excluding hydrogens is 1190 g/mol. The molecule has 528 valence electrons. The van der Waals surface area contributed by atoms with Gasteiger partial charge in [-0.05, 0) is 152 Å². The molecule has 4 heterocycles. The molecule has 7 rings (SSSR count). The van der Waals surface area contributed by atoms with Crippen LogP contribution in [-0.2, 0) is 22.1 Å². The van der Waals surface area contributed by atoms with Crippen molar-refractivity contribution in [2.75, 3.05) is 79.7 Å². The van der Waals surface area contributed by atoms with Crippen LogP contribution >= 0.6 is 11.6 Å². The van der Waals surface area contributed by atoms with Gasteiger partial charge in [0.05, 0.1) is 35.7 Å². The molecule has 5 unspecified atom stereocenters. The van der Waals surface area contributed by atoms with Crippen LogP contribution in [0.3, 0.4) is 0 Å². The van der Waals surface area contributed by atoms with Gasteiger partial charge in [0, 0.05) is 168 Å². The number of aryl methyl sites for hydroxylation is 1. The molecule has 11 atom stereocenters. The van der Waals surface area contributed by atoms with E-state index in [0.29, 0.717) is 55.6 Å². The minimum absolute atomic E-state index is 0.0569. The number of nitrogens with one attached hydrogen (secondary N) is 6. The number of rotatable bonds is 15. The number of allylic oxidation sites excluding steroid dienone is 4. The van der Waals surface area contributed by atoms with Gasteiger partial charge in [-0.15, -0.1) is 0 Å². The predicted octanol–water partition coefficient (Wildman–Crippen LogP) is 13.7. The van der Waals surface area contributed by atoms with Gasteiger partial charge in [-0.3, -0.25) is 14.7 Å². The fourth-order valence-corrected chi connectivity index (χ4v) is 16.7. The van der Waals surface area contributed by atoms with Crippen LogP contribution in [0.5, 0.6) is 0 Å². The van der Waals surface area contributed by atoms with Gasteiger partial charge in [-0.25, -0.2) is 0 Å². The van der Waals surface area contributed by atoms with Crippen LogP contribution in [0.2, 0.25) is 5.02 Å². The topological polar surface area (TPSA) is 127 Å². The van der Waals surface area contributed by atoms with Crippen LogP contribution in [0, 0.1) is 29.6 Å². The van der Waals surface area contributed by atoms with Gasteiger partial charge in [0.15, 0.2) is 0 Å². The Morgan fingerprint density at radius 1 is 0.860 bits per heavy atom. The van der Waals surface area contributed by atoms with Crippen molar-refractivity contribution >= 4 is 23.7 Å². The van der Waals surface area contributed by atoms with Gasteiger partial charge in [0.25, 0.3) is 0 Å². The van der Waals surface area contributed by atoms with Crippen LogP contribution in [0.1, 0.15) is 209 Å². The summed E-state index contributed by atoms with van der Waals surface area (Å²) in [6, 6.07) is 5.55. The summed E-state index contributed by atoms with van der Waals surface area (Å²) in [6.07, 6.45) is 29.5. The lowest BCUT2D eigenvalue weighted by Crippen LogP contribution is -2.76. The number of carbonyl (C=O) groups is 1. The molecule has 14 nitrogen and oxygen atoms in total. The highest BCUT2D eigenvalue weighted by atomic mass is 35.5. The molecule has 1 spiro atoms. The summed E-state index contributed by atoms with van der Waals surface area (Å²) < 4.78 is 47.7. The third kappa shape index (κ3) is 22.7. The quantitative estimate of drug-likeness (QED) is 0.0936. The number of aliphatic imine (C=N–C) groups is 1. The molecule has 0 aromatic heterocycles. The van der Waals surface area contributed by atoms with Crippen molar-refractivity contribution in [3.63, 3.8) is 0 Å². The van der Waals surface area contributed by atoms with Gasteiger partial charge in [-0.2, -0.15) is 13.2 Å². The van der Waals surface area contributed by atoms with Crippen molar-refractivity contribution in [3.8, 4) is 0 Å². The number of fused-ring (bicyclic) bond motifs is 2. The smallest absolute Gasteiger partial charge is 0.379 e. The maximum absolute atomic E-state index is 14.9. The molecule has 93 heavy (non-hydrogen) atoms. The second kappa shape index (κ2) is 37.9. The van der Waals surface area contributed by atoms with Crippen LogP contribution in [0.4, 0.5) is 13.2 Å². The number of hydrogen-bond acceptors (Lipinski definition) is 13. The Labute approximate surface area is 567 Å². The second-order valence-corrected chi connectivity index (χ2v) is 30.4. The Morgan fingerprint density at radius 2 is 1.59 bits per heavy atom. The molecule has 1 aromatic carbocycles. The Morgan fingerprint density at radius 3 is 2.27 bits per heavy atom. The van der Waals surface area contributed by atoms with Crippen molar-refractivity contribution < 1.29 is 22.7 Å². The fraction of sp³-hybridized carbons (Fsp3) is 0.787. The van der Waals surface area contributed by atoms with Crippen LogP contribution in [0.25, 0.3) is 0 Å². The van der Waals surface area contributed by atoms with E-state index in [2.05, 4.69) is 159 Å². The lowest BCUT2D eigenvalue weighted by atomic mass is 9.74. The normalized spacial score (nSPS) is 29.3. The van der Waals surface area contributed by atoms with Crippen molar-refractivity contribution in [1.29, 1.82) is 0 Å². The van der Waals surface area contributed by atoms with Crippen LogP contribution < -0.4 is 31.9 Å². The van der Waals surface area contributed by atoms with Crippen molar-refractivity contribution in [2.24, 2.45) is 34.6 Å². The highest BCUT2D eigenvalue weighted by Gasteiger charge is 2.55. The molecule has 2 saturated carbocycles. The molecule has 0 bridgehead atoms. The van der Waals surface area contributed by atoms with Gasteiger partial charge >= 0.3 is 6.18 Å². The third-order valence-electron chi connectivity index (χ3n) is 21.8. The Kier molecular flexibility index (Phi) is 31.2. The molecule has 0 radical (unpaired) electrons. The first kappa shape index (κ1) is 76.7. The number of ether oxygens (including phenoxy) is 1. The van der Waals surface area contributed by atoms with E-state index in [9.17, 15) is 18.0 Å². The molecule has 1 aromatic rings. The van der Waals surface area contributed by atoms with E-state index in [-0.39, 0.29) is 70.9 Å². The number of likely N-dealkylation sites (tertiary alicyclic amines) is 1. The monoisotopic (exact) mass is 1320 g/mol. The minimum Gasteiger partial charge on any atom is -0.379 e. The molecule has 6 N–H and O–H groups in total. The molecular formula is C75H128ClF3N12O2. The zero-order valence-electron chi connectivity index (χ0n) is 60.0. The summed E-state index contributed by atoms with van der Waals surface area (Å²) in [5.74, 6) is 2.19. The first-order valence-corrected chi connectivity index (χ1v) is 37.4. The number of carbonyl (C=O) groups excluding carboxylic acids is 1. The standard InChI is InChI=1S/C75H128ClF3N12O2/c1-14-43-93-51-70-57(9)85-68(55(7)15-2)47-84-67(44-53(3)4)56(8)83-48-69-71(73(92)89-39-22-17-23-40-89)59(11)91(69)72(54(5)6)58(10)86-74(33-20-21-34-74)52-81-37-36-80-35-32-62(30-28-61-29-31-65(66(76)46-61)75(77,78)79)82-38-42-87(12)49-64(45-60-25-18-16-19-26-60)88(13)50-63-27-24-41-90(63)70/h29,31-32,35,38,42,46,49-50,53-60,67-72,81-86H,14-28,30,33-34,36-37,39-41,43-45,47-48,51-52H2,1-13H3/t55-,56?,57?,58?,59?,67-,68+,69?,70+,71-,72-/m0/s1. The van der Waals surface area contributed by atoms with Crippen molar-refractivity contribution in [2.45, 2.75) is 271 Å². The maximum atomic E-state index is 14.9. The highest BCUT2D eigenvalue weighted by molar-refractivity contribution is 6.31. The molecule has 3 saturated heterocycles. The average molecular weight is 1320 g/mol. The van der Waals surface area contributed by atoms with Gasteiger partial charge in [0.2, 0.25) is 5.91 Å². The van der Waals surface area contributed by atoms with E-state index in [1.807, 2.05) is 24.7 Å². The molecule has 4 aliphatic heterocycles. The van der Waals surface area contributed by atoms with E-state index in [1.165, 1.54) is 74.9 Å². The molecule has 6 aliphatic rings. The summed E-state index contributed by atoms with van der Waals surface area (Å²) in [5.41, 5.74) is 3.35. The van der Waals surface area contributed by atoms with Crippen molar-refractivity contribution in [3.05, 3.63) is 82.3 Å². The SMILES string of the molecule is CCCOC[C@@H]1C(C)N[C@@H]([C@@H](C)CC)CN[C@@H](CC(C)C)C(C)NCC2[C@@H](C(=O)N3CCCCC3)C(C)N2[C@@H](C(C)C)C(C)NC2(CCCC2)CNCCN=CC=C(CCc2ccc(C(F)(F)F)c(Cl)c2)NC=CN(C)C=C(CC2CCCCC2)N(C)C=C2CCCN21. The molecule has 18 heteroatoms. The summed E-state index contributed by atoms with van der Waals surface area (Å²) in [6.45, 7) is 33.7. The lowest BCUT2D eigenvalue weighted by molar-refractivity contribution is -0.162. The zero-order valence-corrected chi connectivity index (χ0v) is 60.8. The lowest BCUT2D eigenvalue weighted by Gasteiger charge is -2.60. The predicted molar refractivity (Wildman–Crippen MR) is 381 cm³/mol. The Bertz CT molecular complexity index is 2540. The van der Waals surface area contributed by atoms with E-state index in [0.717, 1.165) is 134 Å². The van der Waals surface area contributed by atoms with E-state index in [1.54, 1.807) is 0 Å². The number of halogens is 4. The summed E-state index contributed by atoms with van der Waals surface area (Å²) in [5, 5.41) is 24.0. The fourth-order valence-electron chi connectivity index (χ4n) is 16.4. The van der Waals surface area contributed by atoms with Gasteiger partial charge < -0.3 is 56.2 Å². The second-order valence-electron chi connectivity index (χ2n) is 30.0. The largest absolute Gasteiger partial charge is 0.417 e. The van der Waals surface area contributed by atoms with Crippen LogP contribution in [0.15, 0.2) is 71.2 Å². The average Bonchev–Trinajstić information content (AvgIpc) is 0.949. The molecule has 5 fully saturated rings. The first-order chi connectivity index (χ1) is 44.5. The zero-order chi connectivity index (χ0) is 67.2.